The second kappa shape index (κ2) is 5.92. The number of nitrogens with zero attached hydrogens (tertiary/aromatic N) is 2. The minimum atomic E-state index is 0.884. The first-order chi connectivity index (χ1) is 11.0. The average Bonchev–Trinajstić information content (AvgIpc) is 2.94. The molecule has 3 nitrogen and oxygen atoms in total. The molecule has 0 spiro atoms. The van der Waals surface area contributed by atoms with E-state index >= 15 is 0 Å². The Balaban J connectivity index is 2.10. The van der Waals surface area contributed by atoms with Crippen LogP contribution >= 0.6 is 0 Å². The van der Waals surface area contributed by atoms with E-state index in [1.807, 2.05) is 12.1 Å². The average molecular weight is 305 g/mol. The number of hydrogen-bond donors (Lipinski definition) is 1. The van der Waals surface area contributed by atoms with E-state index in [0.717, 1.165) is 12.2 Å². The van der Waals surface area contributed by atoms with Crippen LogP contribution in [0.15, 0.2) is 41.6 Å². The van der Waals surface area contributed by atoms with Crippen LogP contribution < -0.4 is 5.43 Å². The maximum Gasteiger partial charge on any atom is 0.0655 e. The van der Waals surface area contributed by atoms with Crippen molar-refractivity contribution in [2.45, 2.75) is 34.2 Å². The van der Waals surface area contributed by atoms with E-state index in [-0.39, 0.29) is 0 Å². The van der Waals surface area contributed by atoms with Crippen molar-refractivity contribution in [3.63, 3.8) is 0 Å². The minimum Gasteiger partial charge on any atom is -0.343 e. The molecule has 0 unspecified atom stereocenters. The molecule has 0 aliphatic carbocycles. The monoisotopic (exact) mass is 305 g/mol. The molecule has 3 aromatic rings. The summed E-state index contributed by atoms with van der Waals surface area (Å²) in [5.74, 6) is 0. The molecule has 3 rings (SSSR count). The van der Waals surface area contributed by atoms with Gasteiger partial charge in [0.25, 0.3) is 0 Å². The highest BCUT2D eigenvalue weighted by molar-refractivity contribution is 5.92. The van der Waals surface area contributed by atoms with Crippen LogP contribution in [0, 0.1) is 27.7 Å². The quantitative estimate of drug-likeness (QED) is 0.536. The summed E-state index contributed by atoms with van der Waals surface area (Å²) in [7, 11) is 0. The summed E-state index contributed by atoms with van der Waals surface area (Å²) in [6, 6.07) is 10.6. The number of hydrazone groups is 1. The van der Waals surface area contributed by atoms with Crippen LogP contribution in [-0.4, -0.2) is 11.3 Å². The molecule has 2 aromatic carbocycles. The normalized spacial score (nSPS) is 11.0. The Morgan fingerprint density at radius 1 is 1.04 bits per heavy atom. The second-order valence-corrected chi connectivity index (χ2v) is 6.19. The van der Waals surface area contributed by atoms with Crippen molar-refractivity contribution in [3.05, 3.63) is 64.3 Å². The van der Waals surface area contributed by atoms with Crippen molar-refractivity contribution in [3.8, 4) is 0 Å². The summed E-state index contributed by atoms with van der Waals surface area (Å²) in [4.78, 5) is 0. The van der Waals surface area contributed by atoms with Gasteiger partial charge in [-0.05, 0) is 73.7 Å². The summed E-state index contributed by atoms with van der Waals surface area (Å²) in [6.45, 7) is 13.2. The lowest BCUT2D eigenvalue weighted by Gasteiger charge is -2.16. The number of benzene rings is 2. The largest absolute Gasteiger partial charge is 0.343 e. The Morgan fingerprint density at radius 2 is 1.74 bits per heavy atom. The van der Waals surface area contributed by atoms with Gasteiger partial charge in [0.15, 0.2) is 0 Å². The zero-order valence-corrected chi connectivity index (χ0v) is 14.3. The lowest BCUT2D eigenvalue weighted by atomic mass is 9.94. The summed E-state index contributed by atoms with van der Waals surface area (Å²) < 4.78 is 2.30. The molecule has 0 bridgehead atoms. The number of aryl methyl sites for hydroxylation is 2. The molecule has 0 aliphatic rings. The molecule has 23 heavy (non-hydrogen) atoms. The van der Waals surface area contributed by atoms with Crippen molar-refractivity contribution in [2.24, 2.45) is 5.10 Å². The van der Waals surface area contributed by atoms with E-state index in [0.29, 0.717) is 0 Å². The zero-order valence-electron chi connectivity index (χ0n) is 14.3. The van der Waals surface area contributed by atoms with Gasteiger partial charge in [-0.1, -0.05) is 12.1 Å². The third kappa shape index (κ3) is 2.63. The van der Waals surface area contributed by atoms with Crippen LogP contribution in [0.1, 0.15) is 27.8 Å². The Hall–Kier alpha value is -2.55. The highest BCUT2D eigenvalue weighted by Crippen LogP contribution is 2.28. The Labute approximate surface area is 137 Å². The molecule has 0 radical (unpaired) electrons. The first kappa shape index (κ1) is 15.3. The molecule has 118 valence electrons. The minimum absolute atomic E-state index is 0.884. The zero-order chi connectivity index (χ0) is 16.6. The molecule has 1 N–H and O–H groups in total. The topological polar surface area (TPSA) is 29.3 Å². The summed E-state index contributed by atoms with van der Waals surface area (Å²) in [6.07, 6.45) is 2.15. The van der Waals surface area contributed by atoms with Crippen LogP contribution in [-0.2, 0) is 6.54 Å². The van der Waals surface area contributed by atoms with Gasteiger partial charge in [0, 0.05) is 24.8 Å². The predicted octanol–water partition coefficient (Wildman–Crippen LogP) is 4.95. The molecule has 0 saturated heterocycles. The van der Waals surface area contributed by atoms with Crippen LogP contribution in [0.5, 0.6) is 0 Å². The first-order valence-corrected chi connectivity index (χ1v) is 7.88. The van der Waals surface area contributed by atoms with Crippen molar-refractivity contribution < 1.29 is 0 Å². The van der Waals surface area contributed by atoms with E-state index in [9.17, 15) is 0 Å². The lowest BCUT2D eigenvalue weighted by molar-refractivity contribution is 0.820. The SMILES string of the molecule is C=NNc1cccc2c1ccn2Cc1c(C)c(C)cc(C)c1C. The number of fused-ring (bicyclic) bond motifs is 1. The van der Waals surface area contributed by atoms with E-state index in [2.05, 4.69) is 73.9 Å². The van der Waals surface area contributed by atoms with Gasteiger partial charge in [0.1, 0.15) is 0 Å². The molecule has 0 aliphatic heterocycles. The van der Waals surface area contributed by atoms with Gasteiger partial charge in [-0.2, -0.15) is 5.10 Å². The third-order valence-electron chi connectivity index (χ3n) is 4.86. The molecule has 3 heteroatoms. The van der Waals surface area contributed by atoms with E-state index < -0.39 is 0 Å². The standard InChI is InChI=1S/C20H23N3/c1-13-11-14(2)16(4)18(15(13)3)12-23-10-9-17-19(22-21-5)7-6-8-20(17)23/h6-11,22H,5,12H2,1-4H3. The Kier molecular flexibility index (Phi) is 3.95. The number of aromatic nitrogens is 1. The first-order valence-electron chi connectivity index (χ1n) is 7.88. The van der Waals surface area contributed by atoms with Crippen molar-refractivity contribution in [1.29, 1.82) is 0 Å². The molecular weight excluding hydrogens is 282 g/mol. The van der Waals surface area contributed by atoms with Gasteiger partial charge in [0.2, 0.25) is 0 Å². The van der Waals surface area contributed by atoms with E-state index in [1.165, 1.54) is 38.7 Å². The van der Waals surface area contributed by atoms with E-state index in [4.69, 9.17) is 0 Å². The fraction of sp³-hybridized carbons (Fsp3) is 0.250. The van der Waals surface area contributed by atoms with Gasteiger partial charge < -0.3 is 4.57 Å². The number of rotatable bonds is 4. The van der Waals surface area contributed by atoms with Crippen LogP contribution in [0.4, 0.5) is 5.69 Å². The van der Waals surface area contributed by atoms with Crippen molar-refractivity contribution in [2.75, 3.05) is 5.43 Å². The van der Waals surface area contributed by atoms with Crippen LogP contribution in [0.25, 0.3) is 10.9 Å². The smallest absolute Gasteiger partial charge is 0.0655 e. The van der Waals surface area contributed by atoms with Crippen LogP contribution in [0.2, 0.25) is 0 Å². The lowest BCUT2D eigenvalue weighted by Crippen LogP contribution is -2.05. The third-order valence-corrected chi connectivity index (χ3v) is 4.86. The maximum atomic E-state index is 3.79. The molecule has 1 aromatic heterocycles. The molecule has 0 saturated carbocycles. The molecule has 1 heterocycles. The number of nitrogens with one attached hydrogen (secondary N) is 1. The van der Waals surface area contributed by atoms with Gasteiger partial charge in [-0.3, -0.25) is 5.43 Å². The summed E-state index contributed by atoms with van der Waals surface area (Å²) >= 11 is 0. The molecule has 0 fully saturated rings. The highest BCUT2D eigenvalue weighted by atomic mass is 15.3. The Bertz CT molecular complexity index is 861. The van der Waals surface area contributed by atoms with Crippen molar-refractivity contribution in [1.82, 2.24) is 4.57 Å². The number of hydrogen-bond acceptors (Lipinski definition) is 2. The second-order valence-electron chi connectivity index (χ2n) is 6.19. The van der Waals surface area contributed by atoms with Crippen molar-refractivity contribution >= 4 is 23.3 Å². The van der Waals surface area contributed by atoms with E-state index in [1.54, 1.807) is 0 Å². The van der Waals surface area contributed by atoms with Gasteiger partial charge >= 0.3 is 0 Å². The fourth-order valence-electron chi connectivity index (χ4n) is 3.25. The molecule has 0 amide bonds. The molecule has 0 atom stereocenters. The van der Waals surface area contributed by atoms with Gasteiger partial charge in [-0.15, -0.1) is 0 Å². The van der Waals surface area contributed by atoms with Gasteiger partial charge in [0.05, 0.1) is 11.2 Å². The highest BCUT2D eigenvalue weighted by Gasteiger charge is 2.11. The maximum absolute atomic E-state index is 3.79. The Morgan fingerprint density at radius 3 is 2.39 bits per heavy atom. The molecular formula is C20H23N3. The summed E-state index contributed by atoms with van der Waals surface area (Å²) in [5, 5.41) is 4.96. The predicted molar refractivity (Wildman–Crippen MR) is 99.6 cm³/mol. The van der Waals surface area contributed by atoms with Gasteiger partial charge in [-0.25, -0.2) is 0 Å². The fourth-order valence-corrected chi connectivity index (χ4v) is 3.25. The van der Waals surface area contributed by atoms with Crippen LogP contribution in [0.3, 0.4) is 0 Å². The summed E-state index contributed by atoms with van der Waals surface area (Å²) in [5.41, 5.74) is 12.1. The number of anilines is 1.